The Balaban J connectivity index is 1.52. The second-order valence-electron chi connectivity index (χ2n) is 6.88. The zero-order valence-electron chi connectivity index (χ0n) is 16.7. The van der Waals surface area contributed by atoms with Crippen LogP contribution >= 0.6 is 22.9 Å². The van der Waals surface area contributed by atoms with Crippen molar-refractivity contribution in [3.05, 3.63) is 57.2 Å². The summed E-state index contributed by atoms with van der Waals surface area (Å²) in [6.45, 7) is 2.33. The fourth-order valence-electron chi connectivity index (χ4n) is 3.45. The summed E-state index contributed by atoms with van der Waals surface area (Å²) >= 11 is 7.76. The molecule has 30 heavy (non-hydrogen) atoms. The molecule has 0 saturated carbocycles. The van der Waals surface area contributed by atoms with Crippen LogP contribution in [-0.4, -0.2) is 67.4 Å². The number of ether oxygens (including phenoxy) is 1. The van der Waals surface area contributed by atoms with Gasteiger partial charge < -0.3 is 15.0 Å². The SMILES string of the molecule is COC(=O)[C@H](c1ccccc1Cl)N1CCN(C(=O)CCNC(=O)c2ccsc2)CC1. The van der Waals surface area contributed by atoms with E-state index in [1.54, 1.807) is 22.4 Å². The Labute approximate surface area is 184 Å². The van der Waals surface area contributed by atoms with Gasteiger partial charge in [0, 0.05) is 55.1 Å². The number of carbonyl (C=O) groups is 3. The van der Waals surface area contributed by atoms with Crippen molar-refractivity contribution in [2.75, 3.05) is 39.8 Å². The number of hydrogen-bond donors (Lipinski definition) is 1. The van der Waals surface area contributed by atoms with Gasteiger partial charge in [-0.3, -0.25) is 14.5 Å². The first-order valence-electron chi connectivity index (χ1n) is 9.65. The van der Waals surface area contributed by atoms with Gasteiger partial charge in [-0.2, -0.15) is 11.3 Å². The molecule has 1 aliphatic heterocycles. The molecule has 0 spiro atoms. The van der Waals surface area contributed by atoms with Crippen molar-refractivity contribution in [2.45, 2.75) is 12.5 Å². The molecule has 0 unspecified atom stereocenters. The summed E-state index contributed by atoms with van der Waals surface area (Å²) in [5.74, 6) is -0.568. The van der Waals surface area contributed by atoms with Crippen LogP contribution in [0.4, 0.5) is 0 Å². The van der Waals surface area contributed by atoms with E-state index in [9.17, 15) is 14.4 Å². The van der Waals surface area contributed by atoms with E-state index in [0.29, 0.717) is 42.3 Å². The van der Waals surface area contributed by atoms with E-state index in [1.807, 2.05) is 28.5 Å². The summed E-state index contributed by atoms with van der Waals surface area (Å²) in [5.41, 5.74) is 1.30. The topological polar surface area (TPSA) is 79.0 Å². The Kier molecular flexibility index (Phi) is 7.84. The number of rotatable bonds is 7. The van der Waals surface area contributed by atoms with Gasteiger partial charge in [0.1, 0.15) is 6.04 Å². The zero-order chi connectivity index (χ0) is 21.5. The van der Waals surface area contributed by atoms with Crippen LogP contribution in [0.25, 0.3) is 0 Å². The third-order valence-corrected chi connectivity index (χ3v) is 6.09. The third kappa shape index (κ3) is 5.38. The first kappa shape index (κ1) is 22.3. The lowest BCUT2D eigenvalue weighted by Crippen LogP contribution is -2.51. The minimum Gasteiger partial charge on any atom is -0.468 e. The molecule has 3 rings (SSSR count). The van der Waals surface area contributed by atoms with Crippen LogP contribution in [0.2, 0.25) is 5.02 Å². The van der Waals surface area contributed by atoms with Crippen molar-refractivity contribution in [3.8, 4) is 0 Å². The molecular weight excluding hydrogens is 426 g/mol. The van der Waals surface area contributed by atoms with E-state index in [-0.39, 0.29) is 30.7 Å². The molecule has 9 heteroatoms. The lowest BCUT2D eigenvalue weighted by Gasteiger charge is -2.38. The molecule has 1 saturated heterocycles. The summed E-state index contributed by atoms with van der Waals surface area (Å²) in [6, 6.07) is 8.35. The number of carbonyl (C=O) groups excluding carboxylic acids is 3. The van der Waals surface area contributed by atoms with E-state index in [2.05, 4.69) is 5.32 Å². The molecule has 1 aromatic carbocycles. The fraction of sp³-hybridized carbons (Fsp3) is 0.381. The summed E-state index contributed by atoms with van der Waals surface area (Å²) < 4.78 is 5.00. The Morgan fingerprint density at radius 3 is 2.53 bits per heavy atom. The van der Waals surface area contributed by atoms with Crippen LogP contribution in [0, 0.1) is 0 Å². The maximum Gasteiger partial charge on any atom is 0.327 e. The number of benzene rings is 1. The molecule has 1 fully saturated rings. The van der Waals surface area contributed by atoms with Gasteiger partial charge in [0.25, 0.3) is 5.91 Å². The average molecular weight is 450 g/mol. The number of halogens is 1. The van der Waals surface area contributed by atoms with Crippen molar-refractivity contribution in [3.63, 3.8) is 0 Å². The van der Waals surface area contributed by atoms with Gasteiger partial charge in [0.15, 0.2) is 0 Å². The van der Waals surface area contributed by atoms with E-state index in [1.165, 1.54) is 18.4 Å². The second kappa shape index (κ2) is 10.6. The minimum absolute atomic E-state index is 0.0207. The highest BCUT2D eigenvalue weighted by molar-refractivity contribution is 7.08. The number of esters is 1. The maximum absolute atomic E-state index is 12.5. The number of hydrogen-bond acceptors (Lipinski definition) is 6. The van der Waals surface area contributed by atoms with Crippen molar-refractivity contribution in [2.24, 2.45) is 0 Å². The van der Waals surface area contributed by atoms with E-state index in [0.717, 1.165) is 0 Å². The zero-order valence-corrected chi connectivity index (χ0v) is 18.2. The number of piperazine rings is 1. The van der Waals surface area contributed by atoms with E-state index >= 15 is 0 Å². The molecule has 0 bridgehead atoms. The van der Waals surface area contributed by atoms with Crippen molar-refractivity contribution in [1.29, 1.82) is 0 Å². The molecule has 1 atom stereocenters. The number of nitrogens with zero attached hydrogens (tertiary/aromatic N) is 2. The largest absolute Gasteiger partial charge is 0.468 e. The van der Waals surface area contributed by atoms with Crippen LogP contribution in [0.3, 0.4) is 0 Å². The minimum atomic E-state index is -0.606. The fourth-order valence-corrected chi connectivity index (χ4v) is 4.32. The van der Waals surface area contributed by atoms with Crippen LogP contribution in [-0.2, 0) is 14.3 Å². The lowest BCUT2D eigenvalue weighted by atomic mass is 10.0. The number of nitrogens with one attached hydrogen (secondary N) is 1. The van der Waals surface area contributed by atoms with Crippen LogP contribution < -0.4 is 5.32 Å². The standard InChI is InChI=1S/C21H24ClN3O4S/c1-29-21(28)19(16-4-2-3-5-17(16)22)25-11-9-24(10-12-25)18(26)6-8-23-20(27)15-7-13-30-14-15/h2-5,7,13-14,19H,6,8-12H2,1H3,(H,23,27)/t19-/m0/s1. The molecule has 2 heterocycles. The molecule has 2 aromatic rings. The number of methoxy groups -OCH3 is 1. The average Bonchev–Trinajstić information content (AvgIpc) is 3.30. The number of thiophene rings is 1. The van der Waals surface area contributed by atoms with Gasteiger partial charge in [-0.25, -0.2) is 4.79 Å². The first-order chi connectivity index (χ1) is 14.5. The van der Waals surface area contributed by atoms with Gasteiger partial charge in [-0.05, 0) is 23.1 Å². The predicted molar refractivity (Wildman–Crippen MR) is 116 cm³/mol. The van der Waals surface area contributed by atoms with Crippen LogP contribution in [0.1, 0.15) is 28.4 Å². The Morgan fingerprint density at radius 2 is 1.90 bits per heavy atom. The molecule has 2 amide bonds. The van der Waals surface area contributed by atoms with E-state index < -0.39 is 6.04 Å². The van der Waals surface area contributed by atoms with Gasteiger partial charge in [0.2, 0.25) is 5.91 Å². The summed E-state index contributed by atoms with van der Waals surface area (Å²) in [6.07, 6.45) is 0.237. The smallest absolute Gasteiger partial charge is 0.327 e. The van der Waals surface area contributed by atoms with Gasteiger partial charge in [-0.15, -0.1) is 0 Å². The molecule has 0 radical (unpaired) electrons. The molecular formula is C21H24ClN3O4S. The Morgan fingerprint density at radius 1 is 1.17 bits per heavy atom. The first-order valence-corrected chi connectivity index (χ1v) is 11.0. The quantitative estimate of drug-likeness (QED) is 0.657. The normalized spacial score (nSPS) is 15.5. The number of amides is 2. The summed E-state index contributed by atoms with van der Waals surface area (Å²) in [4.78, 5) is 40.6. The third-order valence-electron chi connectivity index (χ3n) is 5.06. The Bertz CT molecular complexity index is 882. The molecule has 160 valence electrons. The second-order valence-corrected chi connectivity index (χ2v) is 8.07. The van der Waals surface area contributed by atoms with Gasteiger partial charge in [0.05, 0.1) is 7.11 Å². The van der Waals surface area contributed by atoms with Crippen molar-refractivity contribution >= 4 is 40.7 Å². The molecule has 7 nitrogen and oxygen atoms in total. The summed E-state index contributed by atoms with van der Waals surface area (Å²) in [5, 5.41) is 6.88. The van der Waals surface area contributed by atoms with E-state index in [4.69, 9.17) is 16.3 Å². The highest BCUT2D eigenvalue weighted by atomic mass is 35.5. The maximum atomic E-state index is 12.5. The molecule has 1 aromatic heterocycles. The molecule has 0 aliphatic carbocycles. The van der Waals surface area contributed by atoms with Crippen LogP contribution in [0.5, 0.6) is 0 Å². The lowest BCUT2D eigenvalue weighted by molar-refractivity contribution is -0.148. The van der Waals surface area contributed by atoms with Crippen molar-refractivity contribution in [1.82, 2.24) is 15.1 Å². The predicted octanol–water partition coefficient (Wildman–Crippen LogP) is 2.58. The van der Waals surface area contributed by atoms with Gasteiger partial charge >= 0.3 is 5.97 Å². The Hall–Kier alpha value is -2.42. The highest BCUT2D eigenvalue weighted by Gasteiger charge is 2.33. The van der Waals surface area contributed by atoms with Crippen molar-refractivity contribution < 1.29 is 19.1 Å². The van der Waals surface area contributed by atoms with Crippen LogP contribution in [0.15, 0.2) is 41.1 Å². The van der Waals surface area contributed by atoms with Gasteiger partial charge in [-0.1, -0.05) is 29.8 Å². The monoisotopic (exact) mass is 449 g/mol. The highest BCUT2D eigenvalue weighted by Crippen LogP contribution is 2.29. The molecule has 1 aliphatic rings. The summed E-state index contributed by atoms with van der Waals surface area (Å²) in [7, 11) is 1.36. The molecule has 1 N–H and O–H groups in total.